The largest absolute Gasteiger partial charge is 0.335 e. The number of carbonyl (C=O) groups excluding carboxylic acids is 1. The van der Waals surface area contributed by atoms with Crippen molar-refractivity contribution < 1.29 is 13.6 Å². The Balaban J connectivity index is 1.58. The van der Waals surface area contributed by atoms with E-state index in [1.165, 1.54) is 18.2 Å². The molecule has 2 aromatic heterocycles. The molecule has 1 aromatic carbocycles. The van der Waals surface area contributed by atoms with Gasteiger partial charge in [-0.2, -0.15) is 5.10 Å². The number of hydrogen-bond donors (Lipinski definition) is 2. The maximum Gasteiger partial charge on any atom is 0.315 e. The molecule has 140 valence electrons. The Bertz CT molecular complexity index is 894. The zero-order valence-electron chi connectivity index (χ0n) is 14.7. The third kappa shape index (κ3) is 4.66. The van der Waals surface area contributed by atoms with Crippen LogP contribution in [0.3, 0.4) is 0 Å². The number of urea groups is 1. The smallest absolute Gasteiger partial charge is 0.315 e. The highest BCUT2D eigenvalue weighted by atomic mass is 19.1. The van der Waals surface area contributed by atoms with Crippen LogP contribution in [0.15, 0.2) is 55.0 Å². The Hall–Kier alpha value is -3.29. The van der Waals surface area contributed by atoms with Crippen LogP contribution in [0, 0.1) is 11.6 Å². The van der Waals surface area contributed by atoms with Crippen LogP contribution in [0.2, 0.25) is 0 Å². The molecule has 0 radical (unpaired) electrons. The van der Waals surface area contributed by atoms with Gasteiger partial charge in [-0.25, -0.2) is 23.2 Å². The first-order valence-corrected chi connectivity index (χ1v) is 8.45. The van der Waals surface area contributed by atoms with Gasteiger partial charge >= 0.3 is 6.03 Å². The molecule has 0 spiro atoms. The number of rotatable bonds is 6. The second kappa shape index (κ2) is 8.39. The molecule has 2 heterocycles. The fraction of sp³-hybridized carbons (Fsp3) is 0.211. The molecule has 27 heavy (non-hydrogen) atoms. The van der Waals surface area contributed by atoms with Gasteiger partial charge in [0.15, 0.2) is 5.82 Å². The van der Waals surface area contributed by atoms with Crippen LogP contribution in [-0.2, 0) is 13.0 Å². The summed E-state index contributed by atoms with van der Waals surface area (Å²) in [7, 11) is 0. The van der Waals surface area contributed by atoms with Gasteiger partial charge in [-0.15, -0.1) is 0 Å². The fourth-order valence-corrected chi connectivity index (χ4v) is 2.70. The van der Waals surface area contributed by atoms with E-state index in [-0.39, 0.29) is 18.5 Å². The molecule has 0 aliphatic heterocycles. The highest BCUT2D eigenvalue weighted by Gasteiger charge is 2.15. The zero-order chi connectivity index (χ0) is 19.2. The lowest BCUT2D eigenvalue weighted by Gasteiger charge is -2.16. The summed E-state index contributed by atoms with van der Waals surface area (Å²) in [5.41, 5.74) is 0.739. The minimum Gasteiger partial charge on any atom is -0.335 e. The molecule has 1 unspecified atom stereocenters. The molecule has 0 aliphatic carbocycles. The molecule has 3 aromatic rings. The monoisotopic (exact) mass is 371 g/mol. The summed E-state index contributed by atoms with van der Waals surface area (Å²) in [6.45, 7) is 1.92. The summed E-state index contributed by atoms with van der Waals surface area (Å²) >= 11 is 0. The molecule has 0 aliphatic rings. The lowest BCUT2D eigenvalue weighted by atomic mass is 10.1. The topological polar surface area (TPSA) is 71.8 Å². The van der Waals surface area contributed by atoms with E-state index in [0.29, 0.717) is 5.82 Å². The molecule has 1 atom stereocenters. The van der Waals surface area contributed by atoms with E-state index in [9.17, 15) is 13.6 Å². The number of carbonyl (C=O) groups is 1. The third-order valence-electron chi connectivity index (χ3n) is 3.98. The second-order valence-corrected chi connectivity index (χ2v) is 6.07. The van der Waals surface area contributed by atoms with Crippen LogP contribution in [-0.4, -0.2) is 26.8 Å². The van der Waals surface area contributed by atoms with Crippen LogP contribution in [0.1, 0.15) is 18.1 Å². The van der Waals surface area contributed by atoms with E-state index in [1.807, 2.05) is 6.07 Å². The predicted octanol–water partition coefficient (Wildman–Crippen LogP) is 2.98. The number of nitrogens with zero attached hydrogens (tertiary/aromatic N) is 3. The maximum absolute atomic E-state index is 13.7. The SMILES string of the molecule is CC(Cc1c(F)cccc1F)NC(=O)NCc1cccnc1-n1cccn1. The van der Waals surface area contributed by atoms with Gasteiger partial charge in [0.1, 0.15) is 11.6 Å². The van der Waals surface area contributed by atoms with Crippen molar-refractivity contribution in [3.63, 3.8) is 0 Å². The summed E-state index contributed by atoms with van der Waals surface area (Å²) in [5, 5.41) is 9.55. The van der Waals surface area contributed by atoms with Gasteiger partial charge < -0.3 is 10.6 Å². The van der Waals surface area contributed by atoms with Crippen LogP contribution in [0.25, 0.3) is 5.82 Å². The lowest BCUT2D eigenvalue weighted by molar-refractivity contribution is 0.237. The van der Waals surface area contributed by atoms with Crippen LogP contribution >= 0.6 is 0 Å². The molecule has 0 saturated carbocycles. The Morgan fingerprint density at radius 2 is 1.93 bits per heavy atom. The molecule has 2 amide bonds. The number of amides is 2. The van der Waals surface area contributed by atoms with E-state index >= 15 is 0 Å². The minimum absolute atomic E-state index is 0.0430. The molecule has 0 saturated heterocycles. The summed E-state index contributed by atoms with van der Waals surface area (Å²) in [4.78, 5) is 16.4. The number of hydrogen-bond acceptors (Lipinski definition) is 3. The Labute approximate surface area is 155 Å². The van der Waals surface area contributed by atoms with E-state index in [1.54, 1.807) is 42.3 Å². The first kappa shape index (κ1) is 18.5. The molecule has 0 fully saturated rings. The molecule has 8 heteroatoms. The number of benzene rings is 1. The first-order valence-electron chi connectivity index (χ1n) is 8.45. The van der Waals surface area contributed by atoms with Crippen molar-refractivity contribution in [3.05, 3.63) is 77.8 Å². The van der Waals surface area contributed by atoms with Crippen molar-refractivity contribution in [2.24, 2.45) is 0 Å². The van der Waals surface area contributed by atoms with Gasteiger partial charge in [0, 0.05) is 42.3 Å². The second-order valence-electron chi connectivity index (χ2n) is 6.07. The van der Waals surface area contributed by atoms with Crippen molar-refractivity contribution in [2.75, 3.05) is 0 Å². The lowest BCUT2D eigenvalue weighted by Crippen LogP contribution is -2.41. The highest BCUT2D eigenvalue weighted by Crippen LogP contribution is 2.14. The van der Waals surface area contributed by atoms with Gasteiger partial charge in [-0.1, -0.05) is 12.1 Å². The zero-order valence-corrected chi connectivity index (χ0v) is 14.7. The number of halogens is 2. The summed E-state index contributed by atoms with van der Waals surface area (Å²) < 4.78 is 29.0. The van der Waals surface area contributed by atoms with Gasteiger partial charge in [0.05, 0.1) is 0 Å². The number of pyridine rings is 1. The average molecular weight is 371 g/mol. The maximum atomic E-state index is 13.7. The Morgan fingerprint density at radius 1 is 1.15 bits per heavy atom. The first-order chi connectivity index (χ1) is 13.0. The molecule has 3 rings (SSSR count). The van der Waals surface area contributed by atoms with Crippen molar-refractivity contribution in [1.29, 1.82) is 0 Å². The Kier molecular flexibility index (Phi) is 5.75. The van der Waals surface area contributed by atoms with Crippen LogP contribution in [0.5, 0.6) is 0 Å². The summed E-state index contributed by atoms with van der Waals surface area (Å²) in [6.07, 6.45) is 5.10. The van der Waals surface area contributed by atoms with Crippen LogP contribution in [0.4, 0.5) is 13.6 Å². The highest BCUT2D eigenvalue weighted by molar-refractivity contribution is 5.74. The quantitative estimate of drug-likeness (QED) is 0.700. The molecule has 0 bridgehead atoms. The third-order valence-corrected chi connectivity index (χ3v) is 3.98. The van der Waals surface area contributed by atoms with E-state index < -0.39 is 23.7 Å². The Morgan fingerprint density at radius 3 is 2.63 bits per heavy atom. The van der Waals surface area contributed by atoms with E-state index in [0.717, 1.165) is 5.56 Å². The molecular weight excluding hydrogens is 352 g/mol. The fourth-order valence-electron chi connectivity index (χ4n) is 2.70. The van der Waals surface area contributed by atoms with E-state index in [4.69, 9.17) is 0 Å². The number of aromatic nitrogens is 3. The number of nitrogens with one attached hydrogen (secondary N) is 2. The molecule has 2 N–H and O–H groups in total. The standard InChI is InChI=1S/C19H19F2N5O/c1-13(11-15-16(20)6-2-7-17(15)21)25-19(27)23-12-14-5-3-8-22-18(14)26-10-4-9-24-26/h2-10,13H,11-12H2,1H3,(H2,23,25,27). The average Bonchev–Trinajstić information content (AvgIpc) is 3.18. The van der Waals surface area contributed by atoms with Crippen molar-refractivity contribution in [3.8, 4) is 5.82 Å². The van der Waals surface area contributed by atoms with Gasteiger partial charge in [0.2, 0.25) is 0 Å². The van der Waals surface area contributed by atoms with Gasteiger partial charge in [-0.3, -0.25) is 0 Å². The summed E-state index contributed by atoms with van der Waals surface area (Å²) in [5.74, 6) is -0.629. The summed E-state index contributed by atoms with van der Waals surface area (Å²) in [6, 6.07) is 8.21. The van der Waals surface area contributed by atoms with Crippen molar-refractivity contribution >= 4 is 6.03 Å². The normalized spacial score (nSPS) is 11.8. The van der Waals surface area contributed by atoms with E-state index in [2.05, 4.69) is 20.7 Å². The van der Waals surface area contributed by atoms with Crippen molar-refractivity contribution in [1.82, 2.24) is 25.4 Å². The molecular formula is C19H19F2N5O. The van der Waals surface area contributed by atoms with Crippen molar-refractivity contribution in [2.45, 2.75) is 25.9 Å². The van der Waals surface area contributed by atoms with Crippen LogP contribution < -0.4 is 10.6 Å². The molecule has 6 nitrogen and oxygen atoms in total. The van der Waals surface area contributed by atoms with Gasteiger partial charge in [0.25, 0.3) is 0 Å². The minimum atomic E-state index is -0.622. The predicted molar refractivity (Wildman–Crippen MR) is 96.3 cm³/mol. The van der Waals surface area contributed by atoms with Gasteiger partial charge in [-0.05, 0) is 37.6 Å².